The van der Waals surface area contributed by atoms with E-state index in [9.17, 15) is 0 Å². The lowest BCUT2D eigenvalue weighted by molar-refractivity contribution is 0.166. The molecule has 3 heteroatoms. The quantitative estimate of drug-likeness (QED) is 0.908. The molecule has 2 aliphatic rings. The van der Waals surface area contributed by atoms with Crippen LogP contribution in [0.5, 0.6) is 0 Å². The highest BCUT2D eigenvalue weighted by Gasteiger charge is 2.21. The highest BCUT2D eigenvalue weighted by atomic mass is 15.2. The second-order valence-electron chi connectivity index (χ2n) is 6.20. The maximum Gasteiger partial charge on any atom is 0.0397 e. The summed E-state index contributed by atoms with van der Waals surface area (Å²) in [5.41, 5.74) is 4.44. The predicted octanol–water partition coefficient (Wildman–Crippen LogP) is 2.25. The Kier molecular flexibility index (Phi) is 4.27. The average Bonchev–Trinajstić information content (AvgIpc) is 2.86. The highest BCUT2D eigenvalue weighted by Crippen LogP contribution is 2.28. The topological polar surface area (TPSA) is 18.5 Å². The smallest absolute Gasteiger partial charge is 0.0397 e. The SMILES string of the molecule is CCN(Cc1ccc2c(c1)CCN2C)C1CCCNC1. The summed E-state index contributed by atoms with van der Waals surface area (Å²) in [6, 6.07) is 7.77. The minimum Gasteiger partial charge on any atom is -0.374 e. The van der Waals surface area contributed by atoms with Crippen molar-refractivity contribution in [1.82, 2.24) is 10.2 Å². The molecular weight excluding hydrogens is 246 g/mol. The number of nitrogens with one attached hydrogen (secondary N) is 1. The van der Waals surface area contributed by atoms with Gasteiger partial charge in [0, 0.05) is 38.4 Å². The summed E-state index contributed by atoms with van der Waals surface area (Å²) < 4.78 is 0. The van der Waals surface area contributed by atoms with E-state index in [1.165, 1.54) is 49.2 Å². The molecule has 1 fully saturated rings. The zero-order valence-corrected chi connectivity index (χ0v) is 12.9. The van der Waals surface area contributed by atoms with Gasteiger partial charge in [-0.1, -0.05) is 19.1 Å². The van der Waals surface area contributed by atoms with Gasteiger partial charge in [0.15, 0.2) is 0 Å². The minimum atomic E-state index is 0.713. The van der Waals surface area contributed by atoms with E-state index in [0.29, 0.717) is 6.04 Å². The normalized spacial score (nSPS) is 22.4. The van der Waals surface area contributed by atoms with Crippen LogP contribution in [0.25, 0.3) is 0 Å². The molecule has 1 aromatic carbocycles. The van der Waals surface area contributed by atoms with Crippen molar-refractivity contribution in [3.05, 3.63) is 29.3 Å². The number of rotatable bonds is 4. The van der Waals surface area contributed by atoms with Crippen LogP contribution in [0.15, 0.2) is 18.2 Å². The lowest BCUT2D eigenvalue weighted by atomic mass is 10.0. The molecule has 0 aromatic heterocycles. The van der Waals surface area contributed by atoms with Crippen LogP contribution in [0.1, 0.15) is 30.9 Å². The predicted molar refractivity (Wildman–Crippen MR) is 85.4 cm³/mol. The van der Waals surface area contributed by atoms with E-state index in [-0.39, 0.29) is 0 Å². The van der Waals surface area contributed by atoms with Gasteiger partial charge in [-0.25, -0.2) is 0 Å². The molecule has 110 valence electrons. The number of anilines is 1. The molecule has 0 saturated carbocycles. The van der Waals surface area contributed by atoms with Crippen molar-refractivity contribution < 1.29 is 0 Å². The second-order valence-corrected chi connectivity index (χ2v) is 6.20. The van der Waals surface area contributed by atoms with Gasteiger partial charge in [0.1, 0.15) is 0 Å². The summed E-state index contributed by atoms with van der Waals surface area (Å²) in [4.78, 5) is 4.99. The zero-order valence-electron chi connectivity index (χ0n) is 12.9. The Morgan fingerprint density at radius 1 is 1.40 bits per heavy atom. The third kappa shape index (κ3) is 2.84. The van der Waals surface area contributed by atoms with Crippen LogP contribution in [0.2, 0.25) is 0 Å². The van der Waals surface area contributed by atoms with Crippen molar-refractivity contribution in [2.45, 2.75) is 38.8 Å². The summed E-state index contributed by atoms with van der Waals surface area (Å²) in [7, 11) is 2.19. The van der Waals surface area contributed by atoms with E-state index >= 15 is 0 Å². The number of likely N-dealkylation sites (N-methyl/N-ethyl adjacent to an activating group) is 2. The molecule has 2 aliphatic heterocycles. The fourth-order valence-corrected chi connectivity index (χ4v) is 3.60. The van der Waals surface area contributed by atoms with Gasteiger partial charge >= 0.3 is 0 Å². The monoisotopic (exact) mass is 273 g/mol. The third-order valence-electron chi connectivity index (χ3n) is 4.85. The van der Waals surface area contributed by atoms with Gasteiger partial charge in [-0.05, 0) is 49.5 Å². The van der Waals surface area contributed by atoms with Crippen LogP contribution in [-0.2, 0) is 13.0 Å². The second kappa shape index (κ2) is 6.15. The van der Waals surface area contributed by atoms with Gasteiger partial charge in [-0.2, -0.15) is 0 Å². The Hall–Kier alpha value is -1.06. The van der Waals surface area contributed by atoms with Crippen molar-refractivity contribution in [2.24, 2.45) is 0 Å². The molecule has 20 heavy (non-hydrogen) atoms. The van der Waals surface area contributed by atoms with Gasteiger partial charge in [0.05, 0.1) is 0 Å². The van der Waals surface area contributed by atoms with E-state index in [4.69, 9.17) is 0 Å². The van der Waals surface area contributed by atoms with Crippen molar-refractivity contribution in [2.75, 3.05) is 38.1 Å². The first kappa shape index (κ1) is 13.9. The molecule has 1 aromatic rings. The van der Waals surface area contributed by atoms with Crippen molar-refractivity contribution >= 4 is 5.69 Å². The number of fused-ring (bicyclic) bond motifs is 1. The summed E-state index contributed by atoms with van der Waals surface area (Å²) >= 11 is 0. The molecule has 0 bridgehead atoms. The first-order valence-corrected chi connectivity index (χ1v) is 8.05. The highest BCUT2D eigenvalue weighted by molar-refractivity contribution is 5.58. The maximum absolute atomic E-state index is 3.53. The van der Waals surface area contributed by atoms with Crippen LogP contribution >= 0.6 is 0 Å². The standard InChI is InChI=1S/C17H27N3/c1-3-20(16-5-4-9-18-12-16)13-14-6-7-17-15(11-14)8-10-19(17)2/h6-7,11,16,18H,3-5,8-10,12-13H2,1-2H3. The van der Waals surface area contributed by atoms with Gasteiger partial charge in [-0.3, -0.25) is 4.90 Å². The van der Waals surface area contributed by atoms with Crippen molar-refractivity contribution in [1.29, 1.82) is 0 Å². The lowest BCUT2D eigenvalue weighted by Crippen LogP contribution is -2.45. The number of hydrogen-bond donors (Lipinski definition) is 1. The van der Waals surface area contributed by atoms with Gasteiger partial charge < -0.3 is 10.2 Å². The summed E-state index contributed by atoms with van der Waals surface area (Å²) in [5.74, 6) is 0. The molecule has 1 unspecified atom stereocenters. The largest absolute Gasteiger partial charge is 0.374 e. The summed E-state index contributed by atoms with van der Waals surface area (Å²) in [5, 5.41) is 3.53. The van der Waals surface area contributed by atoms with Gasteiger partial charge in [-0.15, -0.1) is 0 Å². The Bertz CT molecular complexity index is 452. The Balaban J connectivity index is 1.69. The van der Waals surface area contributed by atoms with E-state index < -0.39 is 0 Å². The lowest BCUT2D eigenvalue weighted by Gasteiger charge is -2.34. The summed E-state index contributed by atoms with van der Waals surface area (Å²) in [6.45, 7) is 8.04. The average molecular weight is 273 g/mol. The zero-order chi connectivity index (χ0) is 13.9. The molecule has 1 saturated heterocycles. The minimum absolute atomic E-state index is 0.713. The van der Waals surface area contributed by atoms with Crippen LogP contribution in [-0.4, -0.2) is 44.2 Å². The molecular formula is C17H27N3. The molecule has 0 amide bonds. The Labute approximate surface area is 123 Å². The summed E-state index contributed by atoms with van der Waals surface area (Å²) in [6.07, 6.45) is 3.86. The number of piperidine rings is 1. The number of hydrogen-bond acceptors (Lipinski definition) is 3. The fourth-order valence-electron chi connectivity index (χ4n) is 3.60. The first-order chi connectivity index (χ1) is 9.78. The Morgan fingerprint density at radius 2 is 2.30 bits per heavy atom. The van der Waals surface area contributed by atoms with Crippen molar-refractivity contribution in [3.8, 4) is 0 Å². The molecule has 1 atom stereocenters. The van der Waals surface area contributed by atoms with Gasteiger partial charge in [0.2, 0.25) is 0 Å². The first-order valence-electron chi connectivity index (χ1n) is 8.05. The maximum atomic E-state index is 3.53. The molecule has 2 heterocycles. The van der Waals surface area contributed by atoms with E-state index in [1.54, 1.807) is 0 Å². The van der Waals surface area contributed by atoms with E-state index in [1.807, 2.05) is 0 Å². The third-order valence-corrected chi connectivity index (χ3v) is 4.85. The van der Waals surface area contributed by atoms with Crippen LogP contribution in [0.4, 0.5) is 5.69 Å². The van der Waals surface area contributed by atoms with Crippen LogP contribution < -0.4 is 10.2 Å². The van der Waals surface area contributed by atoms with Gasteiger partial charge in [0.25, 0.3) is 0 Å². The molecule has 0 radical (unpaired) electrons. The molecule has 1 N–H and O–H groups in total. The number of nitrogens with zero attached hydrogens (tertiary/aromatic N) is 2. The van der Waals surface area contributed by atoms with Crippen molar-refractivity contribution in [3.63, 3.8) is 0 Å². The van der Waals surface area contributed by atoms with Crippen LogP contribution in [0.3, 0.4) is 0 Å². The number of benzene rings is 1. The fraction of sp³-hybridized carbons (Fsp3) is 0.647. The molecule has 3 nitrogen and oxygen atoms in total. The molecule has 0 spiro atoms. The molecule has 0 aliphatic carbocycles. The van der Waals surface area contributed by atoms with Crippen LogP contribution in [0, 0.1) is 0 Å². The van der Waals surface area contributed by atoms with E-state index in [2.05, 4.69) is 47.3 Å². The molecule has 3 rings (SSSR count). The van der Waals surface area contributed by atoms with E-state index in [0.717, 1.165) is 19.6 Å². The Morgan fingerprint density at radius 3 is 3.05 bits per heavy atom.